The van der Waals surface area contributed by atoms with E-state index in [1.54, 1.807) is 0 Å². The lowest BCUT2D eigenvalue weighted by Crippen LogP contribution is -2.19. The van der Waals surface area contributed by atoms with Crippen LogP contribution in [0.5, 0.6) is 0 Å². The van der Waals surface area contributed by atoms with Crippen molar-refractivity contribution in [3.05, 3.63) is 258 Å². The highest BCUT2D eigenvalue weighted by atomic mass is 15.1. The Morgan fingerprint density at radius 3 is 1.05 bits per heavy atom. The summed E-state index contributed by atoms with van der Waals surface area (Å²) in [4.78, 5) is 4.93. The molecule has 15 aromatic rings. The zero-order valence-corrected chi connectivity index (χ0v) is 44.5. The monoisotopic (exact) mass is 1020 g/mol. The molecule has 0 amide bonds. The maximum absolute atomic E-state index is 12.9. The number of nitriles is 1. The van der Waals surface area contributed by atoms with Crippen molar-refractivity contribution >= 4 is 92.9 Å². The second-order valence-electron chi connectivity index (χ2n) is 22.9. The van der Waals surface area contributed by atoms with E-state index in [0.29, 0.717) is 28.3 Å². The minimum atomic E-state index is -0.443. The first-order valence-electron chi connectivity index (χ1n) is 27.5. The molecule has 0 unspecified atom stereocenters. The molecule has 0 aliphatic heterocycles. The fourth-order valence-electron chi connectivity index (χ4n) is 15.2. The molecule has 4 heterocycles. The Hall–Kier alpha value is -10.4. The van der Waals surface area contributed by atoms with E-state index in [-0.39, 0.29) is 0 Å². The van der Waals surface area contributed by atoms with Gasteiger partial charge in [-0.05, 0) is 80.9 Å². The SMILES string of the molecule is [C-]#[N+]c1c(-n2c3ccccc3c3ccccc32)c(-n2c3ccccc3c3ccc4c(c32)C(C)(C)c2ccccc2-4)c(-n2c3ccccc3c3ccccc32)c(C#N)c1-n1c2ccccc2c2ccc3c(c21)C(C)(C)c1ccccc1-3. The van der Waals surface area contributed by atoms with Crippen molar-refractivity contribution in [2.75, 3.05) is 0 Å². The van der Waals surface area contributed by atoms with Crippen LogP contribution in [0.3, 0.4) is 0 Å². The molecule has 0 saturated heterocycles. The third-order valence-corrected chi connectivity index (χ3v) is 18.4. The van der Waals surface area contributed by atoms with Gasteiger partial charge in [-0.1, -0.05) is 210 Å². The number of fused-ring (bicyclic) bond motifs is 20. The van der Waals surface area contributed by atoms with Crippen LogP contribution in [0.15, 0.2) is 218 Å². The number of rotatable bonds is 4. The van der Waals surface area contributed by atoms with Gasteiger partial charge in [0.2, 0.25) is 5.69 Å². The first kappa shape index (κ1) is 44.7. The van der Waals surface area contributed by atoms with Crippen LogP contribution in [-0.2, 0) is 10.8 Å². The summed E-state index contributed by atoms with van der Waals surface area (Å²) in [5, 5.41) is 21.5. The second-order valence-corrected chi connectivity index (χ2v) is 22.9. The Balaban J connectivity index is 1.20. The molecule has 374 valence electrons. The normalized spacial score (nSPS) is 13.9. The highest BCUT2D eigenvalue weighted by Crippen LogP contribution is 2.58. The molecule has 2 aliphatic rings. The number of para-hydroxylation sites is 6. The van der Waals surface area contributed by atoms with Crippen LogP contribution in [0.1, 0.15) is 55.5 Å². The van der Waals surface area contributed by atoms with Gasteiger partial charge in [0.05, 0.1) is 79.0 Å². The van der Waals surface area contributed by atoms with Crippen molar-refractivity contribution in [2.45, 2.75) is 38.5 Å². The van der Waals surface area contributed by atoms with Crippen molar-refractivity contribution in [2.24, 2.45) is 0 Å². The molecule has 0 saturated carbocycles. The summed E-state index contributed by atoms with van der Waals surface area (Å²) in [5.41, 5.74) is 20.0. The number of hydrogen-bond acceptors (Lipinski definition) is 1. The molecule has 6 nitrogen and oxygen atoms in total. The third kappa shape index (κ3) is 5.40. The Labute approximate surface area is 461 Å². The average Bonchev–Trinajstić information content (AvgIpc) is 4.39. The summed E-state index contributed by atoms with van der Waals surface area (Å²) >= 11 is 0. The highest BCUT2D eigenvalue weighted by Gasteiger charge is 2.43. The minimum absolute atomic E-state index is 0.377. The predicted molar refractivity (Wildman–Crippen MR) is 330 cm³/mol. The van der Waals surface area contributed by atoms with E-state index in [1.165, 1.54) is 38.9 Å². The molecular weight excluding hydrogens is 973 g/mol. The highest BCUT2D eigenvalue weighted by molar-refractivity contribution is 6.19. The summed E-state index contributed by atoms with van der Waals surface area (Å²) in [5.74, 6) is 0. The van der Waals surface area contributed by atoms with Crippen molar-refractivity contribution in [3.63, 3.8) is 0 Å². The van der Waals surface area contributed by atoms with Gasteiger partial charge < -0.3 is 18.3 Å². The van der Waals surface area contributed by atoms with Gasteiger partial charge in [-0.3, -0.25) is 0 Å². The minimum Gasteiger partial charge on any atom is -0.317 e. The second kappa shape index (κ2) is 15.6. The first-order valence-corrected chi connectivity index (χ1v) is 27.5. The van der Waals surface area contributed by atoms with Gasteiger partial charge in [-0.15, -0.1) is 0 Å². The molecule has 6 heteroatoms. The Morgan fingerprint density at radius 1 is 0.338 bits per heavy atom. The van der Waals surface area contributed by atoms with Gasteiger partial charge in [0.1, 0.15) is 6.07 Å². The summed E-state index contributed by atoms with van der Waals surface area (Å²) in [7, 11) is 0. The fourth-order valence-corrected chi connectivity index (χ4v) is 15.2. The summed E-state index contributed by atoms with van der Waals surface area (Å²) in [6.07, 6.45) is 0. The maximum Gasteiger partial charge on any atom is 0.237 e. The van der Waals surface area contributed by atoms with Crippen molar-refractivity contribution in [1.29, 1.82) is 5.26 Å². The summed E-state index contributed by atoms with van der Waals surface area (Å²) in [6, 6.07) is 81.6. The first-order chi connectivity index (χ1) is 39.2. The summed E-state index contributed by atoms with van der Waals surface area (Å²) in [6.45, 7) is 19.4. The Kier molecular flexibility index (Phi) is 8.74. The fraction of sp³-hybridized carbons (Fsp3) is 0.0811. The largest absolute Gasteiger partial charge is 0.317 e. The Bertz CT molecular complexity index is 5140. The van der Waals surface area contributed by atoms with Crippen LogP contribution in [0.2, 0.25) is 0 Å². The third-order valence-electron chi connectivity index (χ3n) is 18.4. The van der Waals surface area contributed by atoms with Crippen LogP contribution in [-0.4, -0.2) is 18.3 Å². The Morgan fingerprint density at radius 2 is 0.662 bits per heavy atom. The smallest absolute Gasteiger partial charge is 0.237 e. The van der Waals surface area contributed by atoms with E-state index in [0.717, 1.165) is 98.5 Å². The molecular formula is C74H48N6. The molecule has 0 N–H and O–H groups in total. The average molecular weight is 1020 g/mol. The van der Waals surface area contributed by atoms with E-state index >= 15 is 0 Å². The summed E-state index contributed by atoms with van der Waals surface area (Å²) < 4.78 is 9.51. The van der Waals surface area contributed by atoms with E-state index < -0.39 is 10.8 Å². The standard InChI is InChI=1S/C74H48N6/c1-73(2)56-30-14-6-22-43(56)51-38-40-53-49-28-12-20-36-62(49)79(67(53)64(51)73)69-55(42-75)70(77-58-32-16-8-24-45(58)46-25-9-17-33-59(46)77)72(71(66(69)76-5)78-60-34-18-10-26-47(60)48-27-11-19-35-61(48)78)80-63-37-21-13-29-50(63)54-41-39-52-44-23-7-15-31-57(44)74(3,4)65(52)68(54)80/h6-41H,1-4H3. The molecule has 0 spiro atoms. The molecule has 80 heavy (non-hydrogen) atoms. The van der Waals surface area contributed by atoms with Crippen LogP contribution in [0.25, 0.3) is 137 Å². The molecule has 17 rings (SSSR count). The molecule has 0 atom stereocenters. The number of hydrogen-bond donors (Lipinski definition) is 0. The van der Waals surface area contributed by atoms with Crippen molar-refractivity contribution in [1.82, 2.24) is 18.3 Å². The topological polar surface area (TPSA) is 47.9 Å². The van der Waals surface area contributed by atoms with E-state index in [1.807, 2.05) is 0 Å². The van der Waals surface area contributed by atoms with Gasteiger partial charge in [0.15, 0.2) is 0 Å². The van der Waals surface area contributed by atoms with Crippen molar-refractivity contribution < 1.29 is 0 Å². The van der Waals surface area contributed by atoms with Gasteiger partial charge in [0.25, 0.3) is 0 Å². The van der Waals surface area contributed by atoms with E-state index in [9.17, 15) is 11.8 Å². The molecule has 2 aliphatic carbocycles. The van der Waals surface area contributed by atoms with Gasteiger partial charge in [-0.2, -0.15) is 5.26 Å². The number of benzene rings is 11. The molecule has 0 radical (unpaired) electrons. The lowest BCUT2D eigenvalue weighted by atomic mass is 9.81. The molecule has 4 aromatic heterocycles. The van der Waals surface area contributed by atoms with Crippen LogP contribution < -0.4 is 0 Å². The quantitative estimate of drug-likeness (QED) is 0.162. The molecule has 11 aromatic carbocycles. The van der Waals surface area contributed by atoms with Gasteiger partial charge >= 0.3 is 0 Å². The van der Waals surface area contributed by atoms with Gasteiger partial charge in [0, 0.05) is 53.9 Å². The maximum atomic E-state index is 12.9. The van der Waals surface area contributed by atoms with Crippen LogP contribution >= 0.6 is 0 Å². The lowest BCUT2D eigenvalue weighted by Gasteiger charge is -2.29. The van der Waals surface area contributed by atoms with Gasteiger partial charge in [-0.25, -0.2) is 4.85 Å². The number of nitrogens with zero attached hydrogens (tertiary/aromatic N) is 6. The number of aromatic nitrogens is 4. The van der Waals surface area contributed by atoms with Crippen molar-refractivity contribution in [3.8, 4) is 51.1 Å². The van der Waals surface area contributed by atoms with E-state index in [2.05, 4.69) is 270 Å². The zero-order chi connectivity index (χ0) is 53.5. The zero-order valence-electron chi connectivity index (χ0n) is 44.5. The lowest BCUT2D eigenvalue weighted by molar-refractivity contribution is 0.663. The van der Waals surface area contributed by atoms with Crippen LogP contribution in [0, 0.1) is 17.9 Å². The van der Waals surface area contributed by atoms with Crippen LogP contribution in [0.4, 0.5) is 5.69 Å². The molecule has 0 fully saturated rings. The van der Waals surface area contributed by atoms with E-state index in [4.69, 9.17) is 4.85 Å². The molecule has 0 bridgehead atoms. The predicted octanol–water partition coefficient (Wildman–Crippen LogP) is 19.1.